The van der Waals surface area contributed by atoms with Gasteiger partial charge in [-0.2, -0.15) is 0 Å². The number of benzene rings is 1. The third-order valence-corrected chi connectivity index (χ3v) is 5.70. The smallest absolute Gasteiger partial charge is 0.141 e. The van der Waals surface area contributed by atoms with Crippen molar-refractivity contribution in [1.82, 2.24) is 9.55 Å². The first-order valence-electron chi connectivity index (χ1n) is 9.96. The Morgan fingerprint density at radius 2 is 1.69 bits per heavy atom. The summed E-state index contributed by atoms with van der Waals surface area (Å²) in [6.07, 6.45) is 11.1. The Hall–Kier alpha value is -2.53. The highest BCUT2D eigenvalue weighted by atomic mass is 15.1. The van der Waals surface area contributed by atoms with Gasteiger partial charge in [-0.3, -0.25) is 0 Å². The van der Waals surface area contributed by atoms with Gasteiger partial charge < -0.3 is 4.57 Å². The van der Waals surface area contributed by atoms with E-state index in [0.717, 1.165) is 11.3 Å². The first-order chi connectivity index (χ1) is 12.9. The third-order valence-electron chi connectivity index (χ3n) is 5.70. The van der Waals surface area contributed by atoms with Crippen molar-refractivity contribution in [1.29, 1.82) is 0 Å². The highest BCUT2D eigenvalue weighted by Crippen LogP contribution is 2.39. The lowest BCUT2D eigenvalue weighted by Crippen LogP contribution is -2.04. The maximum Gasteiger partial charge on any atom is 0.141 e. The van der Waals surface area contributed by atoms with Gasteiger partial charge in [-0.25, -0.2) is 4.98 Å². The van der Waals surface area contributed by atoms with Crippen molar-refractivity contribution in [3.8, 4) is 23.0 Å². The molecule has 0 atom stereocenters. The van der Waals surface area contributed by atoms with E-state index >= 15 is 0 Å². The van der Waals surface area contributed by atoms with Crippen molar-refractivity contribution in [2.24, 2.45) is 5.92 Å². The summed E-state index contributed by atoms with van der Waals surface area (Å²) in [5, 5.41) is 1.21. The van der Waals surface area contributed by atoms with Crippen molar-refractivity contribution >= 4 is 11.0 Å². The van der Waals surface area contributed by atoms with Gasteiger partial charge in [-0.1, -0.05) is 55.5 Å². The fraction of sp³-hybridized carbons (Fsp3) is 0.375. The Morgan fingerprint density at radius 3 is 2.46 bits per heavy atom. The van der Waals surface area contributed by atoms with Gasteiger partial charge in [0.15, 0.2) is 0 Å². The lowest BCUT2D eigenvalue weighted by atomic mass is 9.90. The van der Waals surface area contributed by atoms with Crippen LogP contribution >= 0.6 is 0 Å². The molecule has 130 valence electrons. The van der Waals surface area contributed by atoms with E-state index in [2.05, 4.69) is 58.9 Å². The summed E-state index contributed by atoms with van der Waals surface area (Å²) < 4.78 is 2.39. The molecule has 2 aliphatic carbocycles. The normalized spacial score (nSPS) is 17.8. The summed E-state index contributed by atoms with van der Waals surface area (Å²) in [6, 6.07) is 15.6. The summed E-state index contributed by atoms with van der Waals surface area (Å²) in [4.78, 5) is 4.83. The summed E-state index contributed by atoms with van der Waals surface area (Å²) in [5.74, 6) is 7.68. The highest BCUT2D eigenvalue weighted by molar-refractivity contribution is 5.84. The van der Waals surface area contributed by atoms with Gasteiger partial charge in [0.1, 0.15) is 5.65 Å². The second-order valence-corrected chi connectivity index (χ2v) is 7.74. The molecule has 0 aliphatic heterocycles. The molecule has 2 nitrogen and oxygen atoms in total. The molecule has 2 heterocycles. The van der Waals surface area contributed by atoms with E-state index in [0.29, 0.717) is 12.0 Å². The molecule has 0 unspecified atom stereocenters. The molecule has 3 aromatic rings. The van der Waals surface area contributed by atoms with Gasteiger partial charge in [-0.15, -0.1) is 0 Å². The molecule has 2 fully saturated rings. The van der Waals surface area contributed by atoms with E-state index in [9.17, 15) is 0 Å². The molecule has 5 rings (SSSR count). The molecule has 2 saturated carbocycles. The van der Waals surface area contributed by atoms with Gasteiger partial charge in [0, 0.05) is 29.1 Å². The predicted octanol–water partition coefficient (Wildman–Crippen LogP) is 5.97. The molecule has 0 saturated heterocycles. The zero-order valence-corrected chi connectivity index (χ0v) is 15.1. The van der Waals surface area contributed by atoms with Crippen LogP contribution in [0.2, 0.25) is 0 Å². The number of rotatable bonds is 2. The topological polar surface area (TPSA) is 17.8 Å². The SMILES string of the molecule is C(#CC1CCCCC1)c1cc2cc(-c3ccccc3)cnc2n1C1CC1. The molecular formula is C24H24N2. The van der Waals surface area contributed by atoms with Crippen LogP contribution in [0.25, 0.3) is 22.2 Å². The summed E-state index contributed by atoms with van der Waals surface area (Å²) in [7, 11) is 0. The van der Waals surface area contributed by atoms with Crippen molar-refractivity contribution < 1.29 is 0 Å². The van der Waals surface area contributed by atoms with Crippen LogP contribution in [0.4, 0.5) is 0 Å². The lowest BCUT2D eigenvalue weighted by Gasteiger charge is -2.15. The first kappa shape index (κ1) is 15.7. The second kappa shape index (κ2) is 6.65. The van der Waals surface area contributed by atoms with Gasteiger partial charge in [0.05, 0.1) is 5.69 Å². The zero-order chi connectivity index (χ0) is 17.3. The molecule has 1 aromatic carbocycles. The summed E-state index contributed by atoms with van der Waals surface area (Å²) >= 11 is 0. The Balaban J connectivity index is 1.55. The van der Waals surface area contributed by atoms with Crippen LogP contribution < -0.4 is 0 Å². The molecule has 2 aromatic heterocycles. The highest BCUT2D eigenvalue weighted by Gasteiger charge is 2.27. The van der Waals surface area contributed by atoms with Gasteiger partial charge in [-0.05, 0) is 49.3 Å². The van der Waals surface area contributed by atoms with E-state index in [1.54, 1.807) is 0 Å². The summed E-state index contributed by atoms with van der Waals surface area (Å²) in [6.45, 7) is 0. The van der Waals surface area contributed by atoms with E-state index in [-0.39, 0.29) is 0 Å². The molecule has 26 heavy (non-hydrogen) atoms. The maximum absolute atomic E-state index is 4.83. The fourth-order valence-electron chi connectivity index (χ4n) is 4.12. The van der Waals surface area contributed by atoms with E-state index in [1.807, 2.05) is 6.20 Å². The Morgan fingerprint density at radius 1 is 0.885 bits per heavy atom. The van der Waals surface area contributed by atoms with Crippen molar-refractivity contribution in [3.05, 3.63) is 54.4 Å². The number of hydrogen-bond acceptors (Lipinski definition) is 1. The molecule has 0 radical (unpaired) electrons. The third kappa shape index (κ3) is 3.03. The molecular weight excluding hydrogens is 316 g/mol. The molecule has 0 amide bonds. The lowest BCUT2D eigenvalue weighted by molar-refractivity contribution is 0.430. The van der Waals surface area contributed by atoms with Crippen LogP contribution in [0.3, 0.4) is 0 Å². The van der Waals surface area contributed by atoms with Crippen LogP contribution in [-0.2, 0) is 0 Å². The average Bonchev–Trinajstić information content (AvgIpc) is 3.48. The Bertz CT molecular complexity index is 977. The quantitative estimate of drug-likeness (QED) is 0.525. The first-order valence-corrected chi connectivity index (χ1v) is 9.96. The number of pyridine rings is 1. The standard InChI is InChI=1S/C24H24N2/c1-3-7-18(8-4-1)11-12-23-16-20-15-21(19-9-5-2-6-10-19)17-25-24(20)26(23)22-13-14-22/h2,5-6,9-10,15-18,22H,1,3-4,7-8,13-14H2. The van der Waals surface area contributed by atoms with Crippen LogP contribution in [0, 0.1) is 17.8 Å². The molecule has 0 spiro atoms. The van der Waals surface area contributed by atoms with E-state index in [4.69, 9.17) is 4.98 Å². The number of aromatic nitrogens is 2. The van der Waals surface area contributed by atoms with Crippen molar-refractivity contribution in [2.45, 2.75) is 51.0 Å². The number of hydrogen-bond donors (Lipinski definition) is 0. The number of fused-ring (bicyclic) bond motifs is 1. The van der Waals surface area contributed by atoms with Gasteiger partial charge in [0.2, 0.25) is 0 Å². The Kier molecular flexibility index (Phi) is 4.02. The molecule has 2 heteroatoms. The summed E-state index contributed by atoms with van der Waals surface area (Å²) in [5.41, 5.74) is 4.65. The molecule has 2 aliphatic rings. The minimum atomic E-state index is 0.585. The molecule has 0 N–H and O–H groups in total. The van der Waals surface area contributed by atoms with Gasteiger partial charge in [0.25, 0.3) is 0 Å². The van der Waals surface area contributed by atoms with Crippen LogP contribution in [0.1, 0.15) is 56.7 Å². The van der Waals surface area contributed by atoms with Crippen molar-refractivity contribution in [2.75, 3.05) is 0 Å². The predicted molar refractivity (Wildman–Crippen MR) is 107 cm³/mol. The largest absolute Gasteiger partial charge is 0.316 e. The second-order valence-electron chi connectivity index (χ2n) is 7.74. The average molecular weight is 340 g/mol. The van der Waals surface area contributed by atoms with Crippen LogP contribution in [0.15, 0.2) is 48.7 Å². The minimum Gasteiger partial charge on any atom is -0.316 e. The monoisotopic (exact) mass is 340 g/mol. The molecule has 0 bridgehead atoms. The van der Waals surface area contributed by atoms with Crippen LogP contribution in [0.5, 0.6) is 0 Å². The van der Waals surface area contributed by atoms with Crippen molar-refractivity contribution in [3.63, 3.8) is 0 Å². The zero-order valence-electron chi connectivity index (χ0n) is 15.1. The Labute approximate surface area is 155 Å². The fourth-order valence-corrected chi connectivity index (χ4v) is 4.12. The van der Waals surface area contributed by atoms with Gasteiger partial charge >= 0.3 is 0 Å². The minimum absolute atomic E-state index is 0.585. The van der Waals surface area contributed by atoms with Crippen LogP contribution in [-0.4, -0.2) is 9.55 Å². The maximum atomic E-state index is 4.83. The van der Waals surface area contributed by atoms with E-state index < -0.39 is 0 Å². The number of nitrogens with zero attached hydrogens (tertiary/aromatic N) is 2. The van der Waals surface area contributed by atoms with E-state index in [1.165, 1.54) is 61.5 Å².